The number of nitrogens with zero attached hydrogens (tertiary/aromatic N) is 3. The predicted octanol–water partition coefficient (Wildman–Crippen LogP) is 1.89. The topological polar surface area (TPSA) is 114 Å². The maximum atomic E-state index is 12.9. The Labute approximate surface area is 175 Å². The molecule has 154 valence electrons. The zero-order chi connectivity index (χ0) is 21.3. The fourth-order valence-corrected chi connectivity index (χ4v) is 5.62. The maximum Gasteiger partial charge on any atom is 0.339 e. The molecular weight excluding hydrogens is 442 g/mol. The van der Waals surface area contributed by atoms with Crippen molar-refractivity contribution in [2.45, 2.75) is 11.3 Å². The van der Waals surface area contributed by atoms with Crippen LogP contribution >= 0.6 is 22.9 Å². The van der Waals surface area contributed by atoms with Crippen LogP contribution in [0.5, 0.6) is 0 Å². The van der Waals surface area contributed by atoms with Gasteiger partial charge >= 0.3 is 5.97 Å². The van der Waals surface area contributed by atoms with Gasteiger partial charge in [-0.2, -0.15) is 0 Å². The van der Waals surface area contributed by atoms with Crippen molar-refractivity contribution in [2.75, 3.05) is 26.5 Å². The van der Waals surface area contributed by atoms with E-state index in [1.165, 1.54) is 40.8 Å². The van der Waals surface area contributed by atoms with E-state index in [9.17, 15) is 22.8 Å². The van der Waals surface area contributed by atoms with Crippen LogP contribution in [0.4, 0.5) is 0 Å². The third-order valence-corrected chi connectivity index (χ3v) is 7.05. The number of esters is 1. The smallest absolute Gasteiger partial charge is 0.339 e. The highest BCUT2D eigenvalue weighted by Crippen LogP contribution is 2.33. The number of thiophene rings is 1. The monoisotopic (exact) mass is 457 g/mol. The number of ether oxygens (including phenoxy) is 1. The number of methoxy groups -OCH3 is 1. The molecule has 0 bridgehead atoms. The summed E-state index contributed by atoms with van der Waals surface area (Å²) in [6, 6.07) is 2.78. The molecule has 1 fully saturated rings. The number of hydrazine groups is 1. The summed E-state index contributed by atoms with van der Waals surface area (Å²) in [7, 11) is -2.34. The minimum atomic E-state index is -3.58. The highest BCUT2D eigenvalue weighted by molar-refractivity contribution is 7.91. The zero-order valence-electron chi connectivity index (χ0n) is 15.4. The molecule has 1 aliphatic heterocycles. The summed E-state index contributed by atoms with van der Waals surface area (Å²) in [5.41, 5.74) is 0.239. The Balaban J connectivity index is 1.84. The lowest BCUT2D eigenvalue weighted by atomic mass is 10.2. The first kappa shape index (κ1) is 21.2. The van der Waals surface area contributed by atoms with Gasteiger partial charge in [-0.15, -0.1) is 11.3 Å². The number of rotatable bonds is 4. The van der Waals surface area contributed by atoms with E-state index in [-0.39, 0.29) is 39.1 Å². The van der Waals surface area contributed by atoms with Gasteiger partial charge < -0.3 is 4.74 Å². The van der Waals surface area contributed by atoms with Gasteiger partial charge in [0.1, 0.15) is 10.6 Å². The van der Waals surface area contributed by atoms with Gasteiger partial charge in [0.05, 0.1) is 22.6 Å². The van der Waals surface area contributed by atoms with E-state index in [1.54, 1.807) is 0 Å². The van der Waals surface area contributed by atoms with Gasteiger partial charge in [0.15, 0.2) is 9.84 Å². The van der Waals surface area contributed by atoms with E-state index in [2.05, 4.69) is 9.72 Å². The minimum Gasteiger partial charge on any atom is -0.465 e. The third kappa shape index (κ3) is 4.11. The number of amides is 2. The molecule has 0 aromatic carbocycles. The molecule has 0 saturated carbocycles. The van der Waals surface area contributed by atoms with Gasteiger partial charge in [-0.3, -0.25) is 14.6 Å². The molecule has 0 unspecified atom stereocenters. The third-order valence-electron chi connectivity index (χ3n) is 4.20. The number of carbonyl (C=O) groups is 3. The van der Waals surface area contributed by atoms with Crippen molar-refractivity contribution in [1.82, 2.24) is 15.0 Å². The average molecular weight is 458 g/mol. The first-order valence-corrected chi connectivity index (χ1v) is 11.4. The van der Waals surface area contributed by atoms with E-state index in [4.69, 9.17) is 11.6 Å². The van der Waals surface area contributed by atoms with E-state index >= 15 is 0 Å². The SMILES string of the molecule is COC(=O)c1ccc(C(=O)N2CCCN2C(=O)c2scc(S(C)(=O)=O)c2Cl)nc1. The number of halogens is 1. The second-order valence-corrected chi connectivity index (χ2v) is 9.39. The van der Waals surface area contributed by atoms with Crippen molar-refractivity contribution in [3.05, 3.63) is 44.9 Å². The van der Waals surface area contributed by atoms with Crippen molar-refractivity contribution in [3.63, 3.8) is 0 Å². The molecule has 0 radical (unpaired) electrons. The largest absolute Gasteiger partial charge is 0.465 e. The van der Waals surface area contributed by atoms with Crippen LogP contribution in [0.15, 0.2) is 28.6 Å². The first-order valence-electron chi connectivity index (χ1n) is 8.30. The summed E-state index contributed by atoms with van der Waals surface area (Å²) in [6.07, 6.45) is 2.76. The molecule has 0 atom stereocenters. The molecule has 1 saturated heterocycles. The molecule has 0 spiro atoms. The van der Waals surface area contributed by atoms with Crippen LogP contribution in [0.1, 0.15) is 36.9 Å². The van der Waals surface area contributed by atoms with Gasteiger partial charge in [-0.05, 0) is 18.6 Å². The minimum absolute atomic E-state index is 0.0424. The van der Waals surface area contributed by atoms with Crippen molar-refractivity contribution >= 4 is 50.6 Å². The maximum absolute atomic E-state index is 12.9. The van der Waals surface area contributed by atoms with Crippen LogP contribution in [0.25, 0.3) is 0 Å². The summed E-state index contributed by atoms with van der Waals surface area (Å²) in [5, 5.41) is 3.61. The lowest BCUT2D eigenvalue weighted by Gasteiger charge is -2.27. The zero-order valence-corrected chi connectivity index (χ0v) is 17.8. The number of carbonyl (C=O) groups excluding carboxylic acids is 3. The van der Waals surface area contributed by atoms with Crippen molar-refractivity contribution in [3.8, 4) is 0 Å². The number of hydrogen-bond acceptors (Lipinski definition) is 8. The van der Waals surface area contributed by atoms with Gasteiger partial charge in [-0.25, -0.2) is 23.2 Å². The molecule has 0 aliphatic carbocycles. The van der Waals surface area contributed by atoms with Crippen LogP contribution in [0.2, 0.25) is 5.02 Å². The molecule has 2 amide bonds. The molecule has 12 heteroatoms. The lowest BCUT2D eigenvalue weighted by Crippen LogP contribution is -2.45. The molecule has 2 aromatic heterocycles. The molecule has 9 nitrogen and oxygen atoms in total. The predicted molar refractivity (Wildman–Crippen MR) is 105 cm³/mol. The second kappa shape index (κ2) is 8.09. The molecule has 1 aliphatic rings. The quantitative estimate of drug-likeness (QED) is 0.644. The van der Waals surface area contributed by atoms with Crippen molar-refractivity contribution in [2.24, 2.45) is 0 Å². The van der Waals surface area contributed by atoms with E-state index < -0.39 is 27.6 Å². The second-order valence-electron chi connectivity index (χ2n) is 6.15. The highest BCUT2D eigenvalue weighted by Gasteiger charge is 2.35. The van der Waals surface area contributed by atoms with Crippen LogP contribution in [0.3, 0.4) is 0 Å². The van der Waals surface area contributed by atoms with Gasteiger partial charge in [0.25, 0.3) is 11.8 Å². The van der Waals surface area contributed by atoms with Gasteiger partial charge in [0, 0.05) is 30.9 Å². The Morgan fingerprint density at radius 1 is 1.17 bits per heavy atom. The lowest BCUT2D eigenvalue weighted by molar-refractivity contribution is 0.0185. The van der Waals surface area contributed by atoms with Gasteiger partial charge in [-0.1, -0.05) is 11.6 Å². The Hall–Kier alpha value is -2.50. The summed E-state index contributed by atoms with van der Waals surface area (Å²) < 4.78 is 28.1. The molecule has 0 N–H and O–H groups in total. The molecule has 3 heterocycles. The fourth-order valence-electron chi connectivity index (χ4n) is 2.76. The Morgan fingerprint density at radius 2 is 1.83 bits per heavy atom. The Kier molecular flexibility index (Phi) is 5.92. The van der Waals surface area contributed by atoms with Gasteiger partial charge in [0.2, 0.25) is 0 Å². The normalized spacial score (nSPS) is 14.2. The fraction of sp³-hybridized carbons (Fsp3) is 0.294. The van der Waals surface area contributed by atoms with E-state index in [0.29, 0.717) is 6.42 Å². The average Bonchev–Trinajstić information content (AvgIpc) is 3.33. The molecule has 29 heavy (non-hydrogen) atoms. The van der Waals surface area contributed by atoms with E-state index in [1.807, 2.05) is 0 Å². The van der Waals surface area contributed by atoms with Crippen molar-refractivity contribution in [1.29, 1.82) is 0 Å². The number of sulfone groups is 1. The van der Waals surface area contributed by atoms with E-state index in [0.717, 1.165) is 17.6 Å². The molecule has 3 rings (SSSR count). The summed E-state index contributed by atoms with van der Waals surface area (Å²) >= 11 is 7.02. The summed E-state index contributed by atoms with van der Waals surface area (Å²) in [4.78, 5) is 41.1. The number of hydrogen-bond donors (Lipinski definition) is 0. The van der Waals surface area contributed by atoms with Crippen LogP contribution in [-0.2, 0) is 14.6 Å². The molecular formula is C17H16ClN3O6S2. The van der Waals surface area contributed by atoms with Crippen molar-refractivity contribution < 1.29 is 27.5 Å². The standard InChI is InChI=1S/C17H16ClN3O6S2/c1-27-17(24)10-4-5-11(19-8-10)15(22)20-6-3-7-21(20)16(23)14-13(18)12(9-28-14)29(2,25)26/h4-5,8-9H,3,6-7H2,1-2H3. The highest BCUT2D eigenvalue weighted by atomic mass is 35.5. The Morgan fingerprint density at radius 3 is 2.34 bits per heavy atom. The first-order chi connectivity index (χ1) is 13.6. The van der Waals surface area contributed by atoms with Crippen LogP contribution < -0.4 is 0 Å². The summed E-state index contributed by atoms with van der Waals surface area (Å²) in [6.45, 7) is 0.556. The number of aromatic nitrogens is 1. The number of pyridine rings is 1. The van der Waals surface area contributed by atoms with Crippen LogP contribution in [-0.4, -0.2) is 67.7 Å². The summed E-state index contributed by atoms with van der Waals surface area (Å²) in [5.74, 6) is -1.67. The molecule has 2 aromatic rings. The van der Waals surface area contributed by atoms with Crippen LogP contribution in [0, 0.1) is 0 Å². The Bertz CT molecular complexity index is 1080.